The van der Waals surface area contributed by atoms with Crippen molar-refractivity contribution in [2.75, 3.05) is 44.6 Å². The SMILES string of the molecule is CCc1ccc(NC(=O)C[NH+]2CCC[NH+](CC(=O)NC(C)(C)C)CC2)cc1. The first-order valence-electron chi connectivity index (χ1n) is 10.1. The molecule has 0 spiro atoms. The van der Waals surface area contributed by atoms with Crippen molar-refractivity contribution in [3.8, 4) is 0 Å². The number of rotatable bonds is 6. The molecule has 4 N–H and O–H groups in total. The molecule has 6 nitrogen and oxygen atoms in total. The van der Waals surface area contributed by atoms with Crippen molar-refractivity contribution >= 4 is 17.5 Å². The second-order valence-corrected chi connectivity index (χ2v) is 8.60. The Morgan fingerprint density at radius 3 is 2.00 bits per heavy atom. The molecule has 0 aliphatic carbocycles. The van der Waals surface area contributed by atoms with E-state index in [9.17, 15) is 9.59 Å². The highest BCUT2D eigenvalue weighted by atomic mass is 16.2. The summed E-state index contributed by atoms with van der Waals surface area (Å²) in [7, 11) is 0. The number of benzene rings is 1. The molecule has 2 amide bonds. The maximum absolute atomic E-state index is 12.4. The standard InChI is InChI=1S/C21H34N4O2/c1-5-17-7-9-18(10-8-17)22-19(26)15-24-11-6-12-25(14-13-24)16-20(27)23-21(2,3)4/h7-10H,5-6,11-16H2,1-4H3,(H,22,26)(H,23,27)/p+2. The van der Waals surface area contributed by atoms with Crippen LogP contribution >= 0.6 is 0 Å². The van der Waals surface area contributed by atoms with Crippen LogP contribution in [0.5, 0.6) is 0 Å². The molecule has 1 saturated heterocycles. The second kappa shape index (κ2) is 9.85. The van der Waals surface area contributed by atoms with E-state index in [4.69, 9.17) is 0 Å². The van der Waals surface area contributed by atoms with Gasteiger partial charge in [0.05, 0.1) is 13.1 Å². The number of amides is 2. The Kier molecular flexibility index (Phi) is 7.80. The highest BCUT2D eigenvalue weighted by molar-refractivity contribution is 5.91. The highest BCUT2D eigenvalue weighted by Gasteiger charge is 2.25. The largest absolute Gasteiger partial charge is 0.347 e. The molecule has 0 saturated carbocycles. The minimum atomic E-state index is -0.187. The third-order valence-corrected chi connectivity index (χ3v) is 4.87. The van der Waals surface area contributed by atoms with Gasteiger partial charge in [-0.1, -0.05) is 19.1 Å². The summed E-state index contributed by atoms with van der Waals surface area (Å²) in [5.41, 5.74) is 1.94. The molecule has 1 aliphatic rings. The molecule has 2 rings (SSSR count). The van der Waals surface area contributed by atoms with Gasteiger partial charge in [0.2, 0.25) is 0 Å². The van der Waals surface area contributed by atoms with E-state index >= 15 is 0 Å². The summed E-state index contributed by atoms with van der Waals surface area (Å²) in [5.74, 6) is 0.164. The van der Waals surface area contributed by atoms with Crippen molar-refractivity contribution < 1.29 is 19.4 Å². The van der Waals surface area contributed by atoms with Gasteiger partial charge in [-0.05, 0) is 44.9 Å². The van der Waals surface area contributed by atoms with E-state index in [1.807, 2.05) is 32.9 Å². The first-order valence-corrected chi connectivity index (χ1v) is 10.1. The Labute approximate surface area is 163 Å². The fraction of sp³-hybridized carbons (Fsp3) is 0.619. The van der Waals surface area contributed by atoms with Crippen LogP contribution in [0.1, 0.15) is 39.7 Å². The Bertz CT molecular complexity index is 622. The zero-order valence-electron chi connectivity index (χ0n) is 17.3. The molecule has 27 heavy (non-hydrogen) atoms. The van der Waals surface area contributed by atoms with Gasteiger partial charge in [-0.2, -0.15) is 0 Å². The normalized spacial score (nSPS) is 20.6. The lowest BCUT2D eigenvalue weighted by Gasteiger charge is -2.22. The van der Waals surface area contributed by atoms with E-state index < -0.39 is 0 Å². The first kappa shape index (κ1) is 21.4. The number of quaternary nitrogens is 2. The van der Waals surface area contributed by atoms with E-state index in [0.29, 0.717) is 13.1 Å². The summed E-state index contributed by atoms with van der Waals surface area (Å²) in [4.78, 5) is 27.1. The fourth-order valence-corrected chi connectivity index (χ4v) is 3.49. The fourth-order valence-electron chi connectivity index (χ4n) is 3.49. The van der Waals surface area contributed by atoms with E-state index in [-0.39, 0.29) is 17.4 Å². The molecule has 1 heterocycles. The smallest absolute Gasteiger partial charge is 0.279 e. The summed E-state index contributed by atoms with van der Waals surface area (Å²) in [6.07, 6.45) is 2.03. The van der Waals surface area contributed by atoms with E-state index in [2.05, 4.69) is 29.7 Å². The zero-order valence-corrected chi connectivity index (χ0v) is 17.3. The van der Waals surface area contributed by atoms with Gasteiger partial charge in [0, 0.05) is 17.6 Å². The average Bonchev–Trinajstić information content (AvgIpc) is 2.79. The number of hydrogen-bond acceptors (Lipinski definition) is 2. The summed E-state index contributed by atoms with van der Waals surface area (Å²) >= 11 is 0. The maximum Gasteiger partial charge on any atom is 0.279 e. The van der Waals surface area contributed by atoms with Gasteiger partial charge in [-0.25, -0.2) is 0 Å². The zero-order chi connectivity index (χ0) is 19.9. The average molecular weight is 377 g/mol. The van der Waals surface area contributed by atoms with Crippen molar-refractivity contribution in [1.29, 1.82) is 0 Å². The maximum atomic E-state index is 12.4. The van der Waals surface area contributed by atoms with Crippen LogP contribution in [0.3, 0.4) is 0 Å². The second-order valence-electron chi connectivity index (χ2n) is 8.60. The molecule has 1 aromatic carbocycles. The van der Waals surface area contributed by atoms with E-state index in [1.165, 1.54) is 15.4 Å². The van der Waals surface area contributed by atoms with Crippen LogP contribution in [-0.4, -0.2) is 56.6 Å². The summed E-state index contributed by atoms with van der Waals surface area (Å²) in [6.45, 7) is 12.9. The third kappa shape index (κ3) is 8.10. The van der Waals surface area contributed by atoms with Crippen LogP contribution in [0.15, 0.2) is 24.3 Å². The van der Waals surface area contributed by atoms with Crippen LogP contribution in [0.2, 0.25) is 0 Å². The Balaban J connectivity index is 1.76. The van der Waals surface area contributed by atoms with Crippen LogP contribution in [0, 0.1) is 0 Å². The lowest BCUT2D eigenvalue weighted by Crippen LogP contribution is -3.18. The molecule has 0 bridgehead atoms. The number of aryl methyl sites for hydroxylation is 1. The number of carbonyl (C=O) groups excluding carboxylic acids is 2. The Morgan fingerprint density at radius 2 is 1.48 bits per heavy atom. The molecule has 0 radical (unpaired) electrons. The molecular formula is C21H36N4O2+2. The monoisotopic (exact) mass is 376 g/mol. The van der Waals surface area contributed by atoms with Gasteiger partial charge in [0.25, 0.3) is 11.8 Å². The molecule has 1 aliphatic heterocycles. The van der Waals surface area contributed by atoms with Crippen molar-refractivity contribution in [1.82, 2.24) is 5.32 Å². The minimum absolute atomic E-state index is 0.0585. The molecular weight excluding hydrogens is 340 g/mol. The van der Waals surface area contributed by atoms with Crippen LogP contribution in [0.4, 0.5) is 5.69 Å². The highest BCUT2D eigenvalue weighted by Crippen LogP contribution is 2.09. The first-order chi connectivity index (χ1) is 12.7. The van der Waals surface area contributed by atoms with E-state index in [0.717, 1.165) is 44.7 Å². The molecule has 2 unspecified atom stereocenters. The van der Waals surface area contributed by atoms with Crippen LogP contribution < -0.4 is 20.4 Å². The minimum Gasteiger partial charge on any atom is -0.347 e. The molecule has 1 aromatic rings. The van der Waals surface area contributed by atoms with Gasteiger partial charge >= 0.3 is 0 Å². The summed E-state index contributed by atoms with van der Waals surface area (Å²) < 4.78 is 0. The van der Waals surface area contributed by atoms with Crippen LogP contribution in [-0.2, 0) is 16.0 Å². The van der Waals surface area contributed by atoms with Crippen molar-refractivity contribution in [3.63, 3.8) is 0 Å². The van der Waals surface area contributed by atoms with Gasteiger partial charge < -0.3 is 20.4 Å². The van der Waals surface area contributed by atoms with E-state index in [1.54, 1.807) is 0 Å². The molecule has 2 atom stereocenters. The van der Waals surface area contributed by atoms with Crippen molar-refractivity contribution in [3.05, 3.63) is 29.8 Å². The molecule has 0 aromatic heterocycles. The van der Waals surface area contributed by atoms with Gasteiger partial charge in [-0.3, -0.25) is 9.59 Å². The Hall–Kier alpha value is -1.92. The number of hydrogen-bond donors (Lipinski definition) is 4. The third-order valence-electron chi connectivity index (χ3n) is 4.87. The van der Waals surface area contributed by atoms with Crippen molar-refractivity contribution in [2.45, 2.75) is 46.1 Å². The van der Waals surface area contributed by atoms with Crippen LogP contribution in [0.25, 0.3) is 0 Å². The summed E-state index contributed by atoms with van der Waals surface area (Å²) in [5, 5.41) is 6.03. The van der Waals surface area contributed by atoms with Gasteiger partial charge in [-0.15, -0.1) is 0 Å². The predicted molar refractivity (Wildman–Crippen MR) is 108 cm³/mol. The molecule has 1 fully saturated rings. The predicted octanol–water partition coefficient (Wildman–Crippen LogP) is -0.724. The van der Waals surface area contributed by atoms with Crippen molar-refractivity contribution in [2.24, 2.45) is 0 Å². The number of anilines is 1. The Morgan fingerprint density at radius 1 is 0.926 bits per heavy atom. The summed E-state index contributed by atoms with van der Waals surface area (Å²) in [6, 6.07) is 8.04. The number of carbonyl (C=O) groups is 2. The lowest BCUT2D eigenvalue weighted by molar-refractivity contribution is -0.930. The quantitative estimate of drug-likeness (QED) is 0.529. The lowest BCUT2D eigenvalue weighted by atomic mass is 10.1. The van der Waals surface area contributed by atoms with Gasteiger partial charge in [0.1, 0.15) is 13.1 Å². The topological polar surface area (TPSA) is 67.1 Å². The number of nitrogens with one attached hydrogen (secondary N) is 4. The molecule has 6 heteroatoms. The molecule has 150 valence electrons. The van der Waals surface area contributed by atoms with Gasteiger partial charge in [0.15, 0.2) is 13.1 Å².